The van der Waals surface area contributed by atoms with Crippen LogP contribution in [0.15, 0.2) is 12.4 Å². The zero-order chi connectivity index (χ0) is 11.5. The lowest BCUT2D eigenvalue weighted by Crippen LogP contribution is -2.22. The van der Waals surface area contributed by atoms with Gasteiger partial charge < -0.3 is 5.32 Å². The molecule has 4 nitrogen and oxygen atoms in total. The van der Waals surface area contributed by atoms with Crippen LogP contribution in [0, 0.1) is 11.8 Å². The number of nitrogens with one attached hydrogen (secondary N) is 1. The standard InChI is InChI=1S/C12H19N3O/c1-3-15-8-10(6-14-15)4-12(16)11-7-13-5-9(11)2/h6,8-9,11,13H,3-5,7H2,1-2H3. The van der Waals surface area contributed by atoms with Crippen LogP contribution in [0.1, 0.15) is 19.4 Å². The Kier molecular flexibility index (Phi) is 3.39. The lowest BCUT2D eigenvalue weighted by atomic mass is 9.91. The van der Waals surface area contributed by atoms with Crippen LogP contribution in [0.2, 0.25) is 0 Å². The largest absolute Gasteiger partial charge is 0.316 e. The minimum absolute atomic E-state index is 0.185. The van der Waals surface area contributed by atoms with Crippen LogP contribution in [0.25, 0.3) is 0 Å². The van der Waals surface area contributed by atoms with Gasteiger partial charge in [-0.3, -0.25) is 9.48 Å². The van der Waals surface area contributed by atoms with Gasteiger partial charge in [-0.1, -0.05) is 6.92 Å². The van der Waals surface area contributed by atoms with E-state index in [9.17, 15) is 4.79 Å². The van der Waals surface area contributed by atoms with Crippen molar-refractivity contribution in [2.24, 2.45) is 11.8 Å². The third-order valence-electron chi connectivity index (χ3n) is 3.32. The summed E-state index contributed by atoms with van der Waals surface area (Å²) in [5, 5.41) is 7.45. The van der Waals surface area contributed by atoms with Gasteiger partial charge in [-0.25, -0.2) is 0 Å². The molecule has 1 aromatic heterocycles. The van der Waals surface area contributed by atoms with E-state index in [0.717, 1.165) is 25.2 Å². The van der Waals surface area contributed by atoms with Gasteiger partial charge in [0.05, 0.1) is 6.20 Å². The molecule has 0 saturated carbocycles. The number of aromatic nitrogens is 2. The molecular formula is C12H19N3O. The molecule has 0 amide bonds. The molecule has 2 heterocycles. The summed E-state index contributed by atoms with van der Waals surface area (Å²) in [7, 11) is 0. The van der Waals surface area contributed by atoms with E-state index in [0.29, 0.717) is 18.1 Å². The summed E-state index contributed by atoms with van der Waals surface area (Å²) in [6, 6.07) is 0. The first-order chi connectivity index (χ1) is 7.70. The van der Waals surface area contributed by atoms with E-state index in [1.165, 1.54) is 0 Å². The van der Waals surface area contributed by atoms with E-state index in [2.05, 4.69) is 17.3 Å². The molecule has 16 heavy (non-hydrogen) atoms. The Balaban J connectivity index is 1.96. The summed E-state index contributed by atoms with van der Waals surface area (Å²) in [6.45, 7) is 6.84. The Labute approximate surface area is 96.0 Å². The first-order valence-electron chi connectivity index (χ1n) is 5.95. The molecule has 2 rings (SSSR count). The van der Waals surface area contributed by atoms with Gasteiger partial charge >= 0.3 is 0 Å². The fraction of sp³-hybridized carbons (Fsp3) is 0.667. The summed E-state index contributed by atoms with van der Waals surface area (Å²) in [5.41, 5.74) is 1.03. The normalized spacial score (nSPS) is 24.9. The van der Waals surface area contributed by atoms with Crippen molar-refractivity contribution in [1.82, 2.24) is 15.1 Å². The van der Waals surface area contributed by atoms with Crippen LogP contribution in [0.3, 0.4) is 0 Å². The molecule has 88 valence electrons. The topological polar surface area (TPSA) is 46.9 Å². The number of Topliss-reactive ketones (excluding diaryl/α,β-unsaturated/α-hetero) is 1. The smallest absolute Gasteiger partial charge is 0.142 e. The number of nitrogens with zero attached hydrogens (tertiary/aromatic N) is 2. The fourth-order valence-corrected chi connectivity index (χ4v) is 2.24. The number of hydrogen-bond acceptors (Lipinski definition) is 3. The first-order valence-corrected chi connectivity index (χ1v) is 5.95. The van der Waals surface area contributed by atoms with E-state index in [-0.39, 0.29) is 5.92 Å². The van der Waals surface area contributed by atoms with Gasteiger partial charge in [-0.2, -0.15) is 5.10 Å². The molecule has 0 aliphatic carbocycles. The van der Waals surface area contributed by atoms with Crippen molar-refractivity contribution in [3.05, 3.63) is 18.0 Å². The number of carbonyl (C=O) groups excluding carboxylic acids is 1. The van der Waals surface area contributed by atoms with E-state index >= 15 is 0 Å². The first kappa shape index (κ1) is 11.3. The SMILES string of the molecule is CCn1cc(CC(=O)C2CNCC2C)cn1. The van der Waals surface area contributed by atoms with Crippen LogP contribution >= 0.6 is 0 Å². The predicted octanol–water partition coefficient (Wildman–Crippen LogP) is 0.870. The van der Waals surface area contributed by atoms with E-state index < -0.39 is 0 Å². The number of hydrogen-bond donors (Lipinski definition) is 1. The average molecular weight is 221 g/mol. The minimum atomic E-state index is 0.185. The Morgan fingerprint density at radius 1 is 1.62 bits per heavy atom. The summed E-state index contributed by atoms with van der Waals surface area (Å²) in [5.74, 6) is 0.992. The third-order valence-corrected chi connectivity index (χ3v) is 3.32. The second kappa shape index (κ2) is 4.78. The fourth-order valence-electron chi connectivity index (χ4n) is 2.24. The Hall–Kier alpha value is -1.16. The number of rotatable bonds is 4. The molecule has 0 aromatic carbocycles. The van der Waals surface area contributed by atoms with Crippen molar-refractivity contribution < 1.29 is 4.79 Å². The van der Waals surface area contributed by atoms with Crippen LogP contribution in [0.5, 0.6) is 0 Å². The third kappa shape index (κ3) is 2.32. The van der Waals surface area contributed by atoms with Gasteiger partial charge in [-0.05, 0) is 24.9 Å². The monoisotopic (exact) mass is 221 g/mol. The summed E-state index contributed by atoms with van der Waals surface area (Å²) >= 11 is 0. The van der Waals surface area contributed by atoms with Gasteiger partial charge in [0.15, 0.2) is 0 Å². The summed E-state index contributed by atoms with van der Waals surface area (Å²) < 4.78 is 1.86. The molecule has 1 fully saturated rings. The van der Waals surface area contributed by atoms with Gasteiger partial charge in [-0.15, -0.1) is 0 Å². The molecule has 0 bridgehead atoms. The summed E-state index contributed by atoms with van der Waals surface area (Å²) in [6.07, 6.45) is 4.29. The van der Waals surface area contributed by atoms with E-state index in [1.807, 2.05) is 17.8 Å². The second-order valence-corrected chi connectivity index (χ2v) is 4.59. The minimum Gasteiger partial charge on any atom is -0.316 e. The van der Waals surface area contributed by atoms with Crippen LogP contribution < -0.4 is 5.32 Å². The van der Waals surface area contributed by atoms with Gasteiger partial charge in [0.25, 0.3) is 0 Å². The Morgan fingerprint density at radius 3 is 3.00 bits per heavy atom. The molecule has 2 atom stereocenters. The van der Waals surface area contributed by atoms with Crippen molar-refractivity contribution >= 4 is 5.78 Å². The summed E-state index contributed by atoms with van der Waals surface area (Å²) in [4.78, 5) is 12.0. The van der Waals surface area contributed by atoms with Crippen molar-refractivity contribution in [2.45, 2.75) is 26.8 Å². The lowest BCUT2D eigenvalue weighted by Gasteiger charge is -2.11. The molecule has 0 radical (unpaired) electrons. The van der Waals surface area contributed by atoms with E-state index in [4.69, 9.17) is 0 Å². The second-order valence-electron chi connectivity index (χ2n) is 4.59. The molecule has 1 aliphatic heterocycles. The van der Waals surface area contributed by atoms with E-state index in [1.54, 1.807) is 6.20 Å². The zero-order valence-electron chi connectivity index (χ0n) is 9.94. The van der Waals surface area contributed by atoms with Crippen LogP contribution in [-0.2, 0) is 17.8 Å². The highest BCUT2D eigenvalue weighted by Gasteiger charge is 2.29. The molecule has 2 unspecified atom stereocenters. The maximum atomic E-state index is 12.0. The Morgan fingerprint density at radius 2 is 2.44 bits per heavy atom. The predicted molar refractivity (Wildman–Crippen MR) is 62.1 cm³/mol. The van der Waals surface area contributed by atoms with Crippen molar-refractivity contribution in [1.29, 1.82) is 0 Å². The maximum Gasteiger partial charge on any atom is 0.142 e. The quantitative estimate of drug-likeness (QED) is 0.820. The van der Waals surface area contributed by atoms with Crippen molar-refractivity contribution in [3.63, 3.8) is 0 Å². The molecule has 1 saturated heterocycles. The van der Waals surface area contributed by atoms with Crippen molar-refractivity contribution in [3.8, 4) is 0 Å². The van der Waals surface area contributed by atoms with Gasteiger partial charge in [0.2, 0.25) is 0 Å². The highest BCUT2D eigenvalue weighted by Crippen LogP contribution is 2.18. The van der Waals surface area contributed by atoms with Crippen LogP contribution in [-0.4, -0.2) is 28.7 Å². The molecule has 1 aromatic rings. The van der Waals surface area contributed by atoms with Crippen LogP contribution in [0.4, 0.5) is 0 Å². The molecule has 1 N–H and O–H groups in total. The van der Waals surface area contributed by atoms with Gasteiger partial charge in [0.1, 0.15) is 5.78 Å². The number of ketones is 1. The molecule has 0 spiro atoms. The highest BCUT2D eigenvalue weighted by molar-refractivity contribution is 5.83. The maximum absolute atomic E-state index is 12.0. The highest BCUT2D eigenvalue weighted by atomic mass is 16.1. The molecular weight excluding hydrogens is 202 g/mol. The number of carbonyl (C=O) groups is 1. The van der Waals surface area contributed by atoms with Gasteiger partial charge in [0, 0.05) is 31.6 Å². The zero-order valence-corrected chi connectivity index (χ0v) is 9.94. The molecule has 4 heteroatoms. The number of aryl methyl sites for hydroxylation is 1. The average Bonchev–Trinajstić information content (AvgIpc) is 2.86. The molecule has 1 aliphatic rings. The lowest BCUT2D eigenvalue weighted by molar-refractivity contribution is -0.122. The Bertz CT molecular complexity index is 372. The van der Waals surface area contributed by atoms with Crippen molar-refractivity contribution in [2.75, 3.05) is 13.1 Å².